The van der Waals surface area contributed by atoms with Crippen molar-refractivity contribution in [2.75, 3.05) is 0 Å². The van der Waals surface area contributed by atoms with Crippen LogP contribution in [0.25, 0.3) is 11.0 Å². The molecule has 20 heavy (non-hydrogen) atoms. The molecule has 0 aliphatic heterocycles. The summed E-state index contributed by atoms with van der Waals surface area (Å²) < 4.78 is 0.844. The van der Waals surface area contributed by atoms with Crippen LogP contribution in [-0.4, -0.2) is 72.0 Å². The molecule has 0 aliphatic carbocycles. The van der Waals surface area contributed by atoms with E-state index in [9.17, 15) is 14.9 Å². The van der Waals surface area contributed by atoms with Crippen molar-refractivity contribution in [2.24, 2.45) is 0 Å². The molecule has 0 N–H and O–H groups in total. The van der Waals surface area contributed by atoms with Gasteiger partial charge in [0.25, 0.3) is 0 Å². The fraction of sp³-hybridized carbons (Fsp3) is 0.300. The molecule has 0 spiro atoms. The molecule has 1 radical (unpaired) electrons. The minimum absolute atomic E-state index is 0. The van der Waals surface area contributed by atoms with E-state index in [1.165, 1.54) is 11.9 Å². The Bertz CT molecular complexity index is 687. The Morgan fingerprint density at radius 3 is 2.65 bits per heavy atom. The molecule has 0 fully saturated rings. The standard InChI is InChI=1S/C10H7ClN5O3.K/c1-2-3-15-10(17)8(11)7(6(4-12)5-13)9(14-15)16(18)19;/h2-3H2,1H3;/q-1;. The first-order valence-electron chi connectivity index (χ1n) is 5.10. The summed E-state index contributed by atoms with van der Waals surface area (Å²) in [6, 6.07) is 1.46. The van der Waals surface area contributed by atoms with Gasteiger partial charge in [-0.3, -0.25) is 4.79 Å². The van der Waals surface area contributed by atoms with E-state index in [4.69, 9.17) is 22.3 Å². The van der Waals surface area contributed by atoms with Crippen LogP contribution in [0.2, 0.25) is 5.02 Å². The number of allylic oxidation sites excluding steroid dienone is 1. The van der Waals surface area contributed by atoms with Crippen LogP contribution in [0.4, 0.5) is 5.82 Å². The van der Waals surface area contributed by atoms with Crippen molar-refractivity contribution in [1.82, 2.24) is 9.78 Å². The third kappa shape index (κ3) is 3.83. The van der Waals surface area contributed by atoms with Crippen molar-refractivity contribution >= 4 is 80.2 Å². The summed E-state index contributed by atoms with van der Waals surface area (Å²) in [6.45, 7) is 1.90. The minimum Gasteiger partial charge on any atom is -0.762 e. The van der Waals surface area contributed by atoms with Crippen LogP contribution in [0.15, 0.2) is 4.79 Å². The van der Waals surface area contributed by atoms with Gasteiger partial charge in [-0.1, -0.05) is 18.5 Å². The Kier molecular flexibility index (Phi) is 8.08. The molecule has 99 valence electrons. The molecule has 1 rings (SSSR count). The summed E-state index contributed by atoms with van der Waals surface area (Å²) in [6.07, 6.45) is 0.521. The maximum Gasteiger partial charge on any atom is 0.399 e. The molecular formula is C10H7ClKN5O3-. The zero-order valence-electron chi connectivity index (χ0n) is 10.8. The number of nitriles is 1. The van der Waals surface area contributed by atoms with Crippen molar-refractivity contribution in [3.05, 3.63) is 36.5 Å². The van der Waals surface area contributed by atoms with Gasteiger partial charge in [0, 0.05) is 51.4 Å². The molecule has 0 saturated heterocycles. The van der Waals surface area contributed by atoms with Gasteiger partial charge in [-0.2, -0.15) is 5.26 Å². The zero-order chi connectivity index (χ0) is 14.6. The number of nitro groups is 1. The number of rotatable bonds is 4. The van der Waals surface area contributed by atoms with Gasteiger partial charge >= 0.3 is 11.4 Å². The average molecular weight is 320 g/mol. The van der Waals surface area contributed by atoms with Crippen LogP contribution < -0.4 is 5.56 Å². The van der Waals surface area contributed by atoms with Crippen LogP contribution in [0, 0.1) is 21.4 Å². The Hall–Kier alpha value is -0.854. The largest absolute Gasteiger partial charge is 0.762 e. The Morgan fingerprint density at radius 2 is 2.25 bits per heavy atom. The average Bonchev–Trinajstić information content (AvgIpc) is 2.38. The Labute approximate surface area is 161 Å². The molecule has 0 aromatic carbocycles. The van der Waals surface area contributed by atoms with E-state index in [-0.39, 0.29) is 57.9 Å². The molecule has 1 aromatic heterocycles. The molecule has 0 amide bonds. The van der Waals surface area contributed by atoms with E-state index in [2.05, 4.69) is 5.10 Å². The van der Waals surface area contributed by atoms with Crippen molar-refractivity contribution in [3.8, 4) is 6.07 Å². The second-order valence-electron chi connectivity index (χ2n) is 3.40. The van der Waals surface area contributed by atoms with Crippen LogP contribution in [0.1, 0.15) is 18.9 Å². The molecule has 0 saturated carbocycles. The fourth-order valence-corrected chi connectivity index (χ4v) is 1.65. The summed E-state index contributed by atoms with van der Waals surface area (Å²) in [7, 11) is 0. The molecule has 8 nitrogen and oxygen atoms in total. The van der Waals surface area contributed by atoms with Gasteiger partial charge in [-0.25, -0.2) is 5.87 Å². The quantitative estimate of drug-likeness (QED) is 0.269. The van der Waals surface area contributed by atoms with E-state index in [1.807, 2.05) is 0 Å². The van der Waals surface area contributed by atoms with Crippen molar-refractivity contribution < 1.29 is 4.92 Å². The van der Waals surface area contributed by atoms with Crippen LogP contribution >= 0.6 is 11.6 Å². The van der Waals surface area contributed by atoms with Gasteiger partial charge in [0.2, 0.25) is 0 Å². The van der Waals surface area contributed by atoms with E-state index in [1.54, 1.807) is 6.92 Å². The molecule has 0 bridgehead atoms. The van der Waals surface area contributed by atoms with Crippen molar-refractivity contribution in [1.29, 1.82) is 5.26 Å². The van der Waals surface area contributed by atoms with Gasteiger partial charge in [-0.15, -0.1) is 4.68 Å². The number of halogens is 1. The summed E-state index contributed by atoms with van der Waals surface area (Å²) in [5.41, 5.74) is -1.92. The van der Waals surface area contributed by atoms with Gasteiger partial charge < -0.3 is 15.5 Å². The third-order valence-electron chi connectivity index (χ3n) is 2.16. The van der Waals surface area contributed by atoms with E-state index >= 15 is 0 Å². The van der Waals surface area contributed by atoms with Gasteiger partial charge in [0.1, 0.15) is 16.7 Å². The normalized spacial score (nSPS) is 9.05. The second-order valence-corrected chi connectivity index (χ2v) is 3.77. The topological polar surface area (TPSA) is 124 Å². The Morgan fingerprint density at radius 1 is 1.65 bits per heavy atom. The minimum atomic E-state index is -0.887. The van der Waals surface area contributed by atoms with E-state index in [0.717, 1.165) is 4.68 Å². The van der Waals surface area contributed by atoms with Crippen LogP contribution in [0.5, 0.6) is 0 Å². The number of aromatic nitrogens is 2. The fourth-order valence-electron chi connectivity index (χ4n) is 1.38. The maximum atomic E-state index is 11.8. The predicted octanol–water partition coefficient (Wildman–Crippen LogP) is 0.980. The van der Waals surface area contributed by atoms with Crippen LogP contribution in [0.3, 0.4) is 0 Å². The number of hydrogen-bond acceptors (Lipinski definition) is 5. The maximum absolute atomic E-state index is 11.8. The first-order valence-corrected chi connectivity index (χ1v) is 5.48. The van der Waals surface area contributed by atoms with Gasteiger partial charge in [0.05, 0.1) is 17.2 Å². The molecule has 0 unspecified atom stereocenters. The smallest absolute Gasteiger partial charge is 0.399 e. The molecule has 10 heteroatoms. The molecular weight excluding hydrogens is 313 g/mol. The SMILES string of the molecule is CCCn1nc([N+](=O)[O-])c(C(=C=[N-])C#N)c(Cl)c1=O.[K]. The van der Waals surface area contributed by atoms with Crippen molar-refractivity contribution in [3.63, 3.8) is 0 Å². The molecule has 1 heterocycles. The second kappa shape index (κ2) is 8.44. The van der Waals surface area contributed by atoms with Gasteiger partial charge in [-0.05, 0) is 11.3 Å². The van der Waals surface area contributed by atoms with Crippen LogP contribution in [-0.2, 0) is 6.54 Å². The summed E-state index contributed by atoms with van der Waals surface area (Å²) in [5, 5.41) is 31.4. The first-order chi connectivity index (χ1) is 8.97. The summed E-state index contributed by atoms with van der Waals surface area (Å²) in [5.74, 6) is 0.680. The summed E-state index contributed by atoms with van der Waals surface area (Å²) >= 11 is 5.73. The van der Waals surface area contributed by atoms with E-state index < -0.39 is 32.5 Å². The molecule has 0 atom stereocenters. The summed E-state index contributed by atoms with van der Waals surface area (Å²) in [4.78, 5) is 21.8. The molecule has 0 aliphatic rings. The zero-order valence-corrected chi connectivity index (χ0v) is 14.6. The number of nitrogens with zero attached hydrogens (tertiary/aromatic N) is 5. The Balaban J connectivity index is 0.00000361. The van der Waals surface area contributed by atoms with E-state index in [0.29, 0.717) is 6.42 Å². The monoisotopic (exact) mass is 319 g/mol. The van der Waals surface area contributed by atoms with Gasteiger partial charge in [0.15, 0.2) is 0 Å². The molecule has 1 aromatic rings. The number of aryl methyl sites for hydroxylation is 1. The number of hydrogen-bond donors (Lipinski definition) is 0. The first kappa shape index (κ1) is 19.1. The third-order valence-corrected chi connectivity index (χ3v) is 2.51. The van der Waals surface area contributed by atoms with Crippen molar-refractivity contribution in [2.45, 2.75) is 19.9 Å². The predicted molar refractivity (Wildman–Crippen MR) is 73.6 cm³/mol.